The summed E-state index contributed by atoms with van der Waals surface area (Å²) in [6.07, 6.45) is 11.0. The molecule has 1 saturated heterocycles. The molecule has 1 heterocycles. The molecular weight excluding hydrogens is 308 g/mol. The molecule has 5 heteroatoms. The lowest BCUT2D eigenvalue weighted by Crippen LogP contribution is -2.32. The number of rotatable bonds is 14. The Morgan fingerprint density at radius 2 is 1.74 bits per heavy atom. The molecule has 1 N–H and O–H groups in total. The lowest BCUT2D eigenvalue weighted by molar-refractivity contribution is -0.138. The van der Waals surface area contributed by atoms with E-state index < -0.39 is 0 Å². The molecule has 1 unspecified atom stereocenters. The van der Waals surface area contributed by atoms with Gasteiger partial charge in [0.1, 0.15) is 0 Å². The Morgan fingerprint density at radius 3 is 2.48 bits per heavy atom. The number of amides is 2. The first-order valence-electron chi connectivity index (χ1n) is 9.31. The van der Waals surface area contributed by atoms with Crippen LogP contribution in [0.1, 0.15) is 71.1 Å². The molecule has 0 aliphatic carbocycles. The lowest BCUT2D eigenvalue weighted by Gasteiger charge is -2.14. The van der Waals surface area contributed by atoms with Crippen molar-refractivity contribution in [2.75, 3.05) is 25.9 Å². The normalized spacial score (nSPS) is 18.2. The number of unbranched alkanes of at least 4 members (excludes halogenated alkanes) is 7. The van der Waals surface area contributed by atoms with Gasteiger partial charge in [-0.05, 0) is 38.6 Å². The molecule has 0 aromatic carbocycles. The number of nitrogens with zero attached hydrogens (tertiary/aromatic N) is 1. The fourth-order valence-electron chi connectivity index (χ4n) is 2.87. The molecule has 134 valence electrons. The topological polar surface area (TPSA) is 49.4 Å². The van der Waals surface area contributed by atoms with E-state index in [-0.39, 0.29) is 17.1 Å². The van der Waals surface area contributed by atoms with Crippen molar-refractivity contribution < 1.29 is 9.59 Å². The summed E-state index contributed by atoms with van der Waals surface area (Å²) in [5, 5.41) is 3.02. The van der Waals surface area contributed by atoms with Gasteiger partial charge in [0.25, 0.3) is 0 Å². The summed E-state index contributed by atoms with van der Waals surface area (Å²) in [4.78, 5) is 25.8. The summed E-state index contributed by atoms with van der Waals surface area (Å²) in [5.74, 6) is 1.10. The fraction of sp³-hybridized carbons (Fsp3) is 0.889. The maximum Gasteiger partial charge on any atom is 0.242 e. The largest absolute Gasteiger partial charge is 0.320 e. The Balaban J connectivity index is 2.14. The average Bonchev–Trinajstić information content (AvgIpc) is 2.81. The van der Waals surface area contributed by atoms with Gasteiger partial charge < -0.3 is 5.32 Å². The first-order chi connectivity index (χ1) is 11.2. The van der Waals surface area contributed by atoms with Crippen molar-refractivity contribution in [1.29, 1.82) is 0 Å². The number of hydrogen-bond donors (Lipinski definition) is 1. The molecule has 2 amide bonds. The van der Waals surface area contributed by atoms with Gasteiger partial charge in [-0.15, -0.1) is 11.8 Å². The van der Waals surface area contributed by atoms with Crippen LogP contribution in [0.25, 0.3) is 0 Å². The summed E-state index contributed by atoms with van der Waals surface area (Å²) in [5.41, 5.74) is 0. The molecule has 1 rings (SSSR count). The molecule has 0 spiro atoms. The molecule has 1 fully saturated rings. The molecule has 1 aliphatic heterocycles. The van der Waals surface area contributed by atoms with Gasteiger partial charge >= 0.3 is 0 Å². The minimum absolute atomic E-state index is 0.0358. The predicted octanol–water partition coefficient (Wildman–Crippen LogP) is 3.60. The van der Waals surface area contributed by atoms with Gasteiger partial charge in [-0.1, -0.05) is 45.4 Å². The monoisotopic (exact) mass is 342 g/mol. The first kappa shape index (κ1) is 20.5. The third-order valence-electron chi connectivity index (χ3n) is 4.33. The number of imide groups is 1. The second kappa shape index (κ2) is 12.8. The van der Waals surface area contributed by atoms with Crippen molar-refractivity contribution in [3.8, 4) is 0 Å². The molecule has 23 heavy (non-hydrogen) atoms. The molecule has 0 radical (unpaired) electrons. The summed E-state index contributed by atoms with van der Waals surface area (Å²) in [7, 11) is 1.96. The number of likely N-dealkylation sites (tertiary alicyclic amines) is 1. The molecular formula is C18H34N2O2S. The van der Waals surface area contributed by atoms with Gasteiger partial charge in [-0.2, -0.15) is 0 Å². The molecule has 0 aromatic heterocycles. The average molecular weight is 343 g/mol. The molecule has 4 nitrogen and oxygen atoms in total. The van der Waals surface area contributed by atoms with Crippen LogP contribution >= 0.6 is 11.8 Å². The van der Waals surface area contributed by atoms with E-state index in [9.17, 15) is 9.59 Å². The smallest absolute Gasteiger partial charge is 0.242 e. The summed E-state index contributed by atoms with van der Waals surface area (Å²) < 4.78 is 0. The number of thioether (sulfide) groups is 1. The van der Waals surface area contributed by atoms with Crippen molar-refractivity contribution in [3.63, 3.8) is 0 Å². The third kappa shape index (κ3) is 8.20. The van der Waals surface area contributed by atoms with Crippen LogP contribution in [0, 0.1) is 0 Å². The molecule has 1 atom stereocenters. The van der Waals surface area contributed by atoms with Gasteiger partial charge in [0.2, 0.25) is 11.8 Å². The summed E-state index contributed by atoms with van der Waals surface area (Å²) >= 11 is 1.69. The van der Waals surface area contributed by atoms with E-state index in [1.165, 1.54) is 30.6 Å². The van der Waals surface area contributed by atoms with Gasteiger partial charge in [0.15, 0.2) is 0 Å². The second-order valence-electron chi connectivity index (χ2n) is 6.38. The van der Waals surface area contributed by atoms with Crippen molar-refractivity contribution in [3.05, 3.63) is 0 Å². The highest BCUT2D eigenvalue weighted by Crippen LogP contribution is 2.26. The summed E-state index contributed by atoms with van der Waals surface area (Å²) in [6, 6.07) is 0. The molecule has 1 aliphatic rings. The van der Waals surface area contributed by atoms with Crippen LogP contribution in [-0.4, -0.2) is 47.9 Å². The minimum atomic E-state index is -0.113. The maximum absolute atomic E-state index is 12.3. The highest BCUT2D eigenvalue weighted by molar-refractivity contribution is 8.00. The van der Waals surface area contributed by atoms with Crippen molar-refractivity contribution in [1.82, 2.24) is 10.2 Å². The van der Waals surface area contributed by atoms with E-state index >= 15 is 0 Å². The van der Waals surface area contributed by atoms with Crippen LogP contribution in [0.3, 0.4) is 0 Å². The quantitative estimate of drug-likeness (QED) is 0.387. The number of carbonyl (C=O) groups excluding carboxylic acids is 2. The van der Waals surface area contributed by atoms with E-state index in [1.807, 2.05) is 7.05 Å². The Hall–Kier alpha value is -0.550. The fourth-order valence-corrected chi connectivity index (χ4v) is 4.06. The highest BCUT2D eigenvalue weighted by Gasteiger charge is 2.37. The minimum Gasteiger partial charge on any atom is -0.320 e. The zero-order valence-electron chi connectivity index (χ0n) is 14.9. The van der Waals surface area contributed by atoms with Crippen molar-refractivity contribution in [2.24, 2.45) is 0 Å². The van der Waals surface area contributed by atoms with Crippen molar-refractivity contribution >= 4 is 23.6 Å². The van der Waals surface area contributed by atoms with Crippen LogP contribution in [0.4, 0.5) is 0 Å². The SMILES string of the molecule is CCCCCCCSC1CC(=O)N(CCCCCCNC)C1=O. The Morgan fingerprint density at radius 1 is 1.04 bits per heavy atom. The maximum atomic E-state index is 12.3. The molecule has 0 aromatic rings. The zero-order valence-corrected chi connectivity index (χ0v) is 15.8. The number of carbonyl (C=O) groups is 2. The molecule has 0 bridgehead atoms. The Kier molecular flexibility index (Phi) is 11.4. The number of hydrogen-bond acceptors (Lipinski definition) is 4. The Labute approximate surface area is 146 Å². The van der Waals surface area contributed by atoms with E-state index in [1.54, 1.807) is 11.8 Å². The molecule has 0 saturated carbocycles. The van der Waals surface area contributed by atoms with Crippen LogP contribution in [0.15, 0.2) is 0 Å². The van der Waals surface area contributed by atoms with Gasteiger partial charge in [-0.25, -0.2) is 0 Å². The van der Waals surface area contributed by atoms with Gasteiger partial charge in [-0.3, -0.25) is 14.5 Å². The van der Waals surface area contributed by atoms with Crippen LogP contribution < -0.4 is 5.32 Å². The van der Waals surface area contributed by atoms with E-state index in [0.29, 0.717) is 13.0 Å². The van der Waals surface area contributed by atoms with E-state index in [2.05, 4.69) is 12.2 Å². The van der Waals surface area contributed by atoms with Crippen LogP contribution in [-0.2, 0) is 9.59 Å². The van der Waals surface area contributed by atoms with E-state index in [0.717, 1.165) is 44.4 Å². The van der Waals surface area contributed by atoms with Crippen LogP contribution in [0.5, 0.6) is 0 Å². The van der Waals surface area contributed by atoms with Crippen molar-refractivity contribution in [2.45, 2.75) is 76.4 Å². The highest BCUT2D eigenvalue weighted by atomic mass is 32.2. The van der Waals surface area contributed by atoms with Gasteiger partial charge in [0.05, 0.1) is 5.25 Å². The zero-order chi connectivity index (χ0) is 16.9. The first-order valence-corrected chi connectivity index (χ1v) is 10.4. The summed E-state index contributed by atoms with van der Waals surface area (Å²) in [6.45, 7) is 3.87. The third-order valence-corrected chi connectivity index (χ3v) is 5.62. The Bertz CT molecular complexity index is 350. The number of nitrogens with one attached hydrogen (secondary N) is 1. The standard InChI is InChI=1S/C18H34N2O2S/c1-3-4-5-8-11-14-23-16-15-17(21)20(18(16)22)13-10-7-6-9-12-19-2/h16,19H,3-15H2,1-2H3. The predicted molar refractivity (Wildman–Crippen MR) is 98.7 cm³/mol. The van der Waals surface area contributed by atoms with Gasteiger partial charge in [0, 0.05) is 13.0 Å². The second-order valence-corrected chi connectivity index (χ2v) is 7.69. The van der Waals surface area contributed by atoms with Crippen LogP contribution in [0.2, 0.25) is 0 Å². The van der Waals surface area contributed by atoms with E-state index in [4.69, 9.17) is 0 Å². The lowest BCUT2D eigenvalue weighted by atomic mass is 10.2.